The SMILES string of the molecule is O=C(Nc1ccccc1Br)c1cccc(Oc2ccccc2)c1. The smallest absolute Gasteiger partial charge is 0.255 e. The number of amides is 1. The molecule has 0 fully saturated rings. The minimum atomic E-state index is -0.185. The number of rotatable bonds is 4. The van der Waals surface area contributed by atoms with Crippen LogP contribution in [0.2, 0.25) is 0 Å². The van der Waals surface area contributed by atoms with E-state index < -0.39 is 0 Å². The third-order valence-electron chi connectivity index (χ3n) is 3.20. The van der Waals surface area contributed by atoms with Crippen molar-refractivity contribution in [3.8, 4) is 11.5 Å². The summed E-state index contributed by atoms with van der Waals surface area (Å²) in [6, 6.07) is 24.0. The molecule has 0 saturated heterocycles. The van der Waals surface area contributed by atoms with Gasteiger partial charge in [0.15, 0.2) is 0 Å². The van der Waals surface area contributed by atoms with Crippen LogP contribution in [0.5, 0.6) is 11.5 Å². The molecule has 3 aromatic rings. The second kappa shape index (κ2) is 7.11. The summed E-state index contributed by atoms with van der Waals surface area (Å²) in [6.07, 6.45) is 0. The van der Waals surface area contributed by atoms with E-state index in [0.29, 0.717) is 11.3 Å². The molecule has 3 aromatic carbocycles. The molecule has 3 nitrogen and oxygen atoms in total. The molecule has 4 heteroatoms. The molecule has 23 heavy (non-hydrogen) atoms. The van der Waals surface area contributed by atoms with Crippen molar-refractivity contribution < 1.29 is 9.53 Å². The van der Waals surface area contributed by atoms with Crippen LogP contribution in [0, 0.1) is 0 Å². The lowest BCUT2D eigenvalue weighted by atomic mass is 10.2. The lowest BCUT2D eigenvalue weighted by Gasteiger charge is -2.09. The molecule has 1 N–H and O–H groups in total. The topological polar surface area (TPSA) is 38.3 Å². The average molecular weight is 368 g/mol. The monoisotopic (exact) mass is 367 g/mol. The fourth-order valence-electron chi connectivity index (χ4n) is 2.08. The molecule has 0 atom stereocenters. The van der Waals surface area contributed by atoms with E-state index in [0.717, 1.165) is 15.9 Å². The third kappa shape index (κ3) is 3.99. The predicted molar refractivity (Wildman–Crippen MR) is 95.1 cm³/mol. The van der Waals surface area contributed by atoms with Crippen LogP contribution in [0.4, 0.5) is 5.69 Å². The summed E-state index contributed by atoms with van der Waals surface area (Å²) in [6.45, 7) is 0. The third-order valence-corrected chi connectivity index (χ3v) is 3.89. The number of anilines is 1. The first-order chi connectivity index (χ1) is 11.2. The van der Waals surface area contributed by atoms with E-state index in [2.05, 4.69) is 21.2 Å². The molecule has 0 aliphatic heterocycles. The number of carbonyl (C=O) groups excluding carboxylic acids is 1. The van der Waals surface area contributed by atoms with Crippen LogP contribution in [0.15, 0.2) is 83.3 Å². The highest BCUT2D eigenvalue weighted by atomic mass is 79.9. The molecule has 0 aromatic heterocycles. The fourth-order valence-corrected chi connectivity index (χ4v) is 2.47. The van der Waals surface area contributed by atoms with Crippen LogP contribution in [0.25, 0.3) is 0 Å². The number of benzene rings is 3. The Bertz CT molecular complexity index is 818. The number of hydrogen-bond donors (Lipinski definition) is 1. The number of hydrogen-bond acceptors (Lipinski definition) is 2. The lowest BCUT2D eigenvalue weighted by Crippen LogP contribution is -2.12. The van der Waals surface area contributed by atoms with Gasteiger partial charge in [-0.2, -0.15) is 0 Å². The van der Waals surface area contributed by atoms with Gasteiger partial charge in [-0.15, -0.1) is 0 Å². The highest BCUT2D eigenvalue weighted by Crippen LogP contribution is 2.24. The average Bonchev–Trinajstić information content (AvgIpc) is 2.58. The van der Waals surface area contributed by atoms with E-state index >= 15 is 0 Å². The summed E-state index contributed by atoms with van der Waals surface area (Å²) in [5.41, 5.74) is 1.26. The first-order valence-electron chi connectivity index (χ1n) is 7.11. The van der Waals surface area contributed by atoms with E-state index in [-0.39, 0.29) is 5.91 Å². The van der Waals surface area contributed by atoms with Gasteiger partial charge in [-0.1, -0.05) is 36.4 Å². The quantitative estimate of drug-likeness (QED) is 0.661. The molecule has 3 rings (SSSR count). The van der Waals surface area contributed by atoms with Crippen LogP contribution in [-0.2, 0) is 0 Å². The Morgan fingerprint density at radius 2 is 1.52 bits per heavy atom. The molecular weight excluding hydrogens is 354 g/mol. The number of para-hydroxylation sites is 2. The maximum absolute atomic E-state index is 12.4. The first-order valence-corrected chi connectivity index (χ1v) is 7.90. The van der Waals surface area contributed by atoms with Gasteiger partial charge in [0.1, 0.15) is 11.5 Å². The zero-order chi connectivity index (χ0) is 16.1. The predicted octanol–water partition coefficient (Wildman–Crippen LogP) is 5.49. The van der Waals surface area contributed by atoms with Gasteiger partial charge in [0.2, 0.25) is 0 Å². The van der Waals surface area contributed by atoms with Gasteiger partial charge in [0.25, 0.3) is 5.91 Å². The first kappa shape index (κ1) is 15.3. The second-order valence-corrected chi connectivity index (χ2v) is 5.73. The van der Waals surface area contributed by atoms with Crippen molar-refractivity contribution in [3.63, 3.8) is 0 Å². The summed E-state index contributed by atoms with van der Waals surface area (Å²) in [5, 5.41) is 2.88. The normalized spacial score (nSPS) is 10.1. The Balaban J connectivity index is 1.77. The van der Waals surface area contributed by atoms with Gasteiger partial charge in [0.05, 0.1) is 5.69 Å². The van der Waals surface area contributed by atoms with E-state index in [1.54, 1.807) is 18.2 Å². The fraction of sp³-hybridized carbons (Fsp3) is 0. The molecule has 0 aliphatic rings. The second-order valence-electron chi connectivity index (χ2n) is 4.88. The van der Waals surface area contributed by atoms with Crippen LogP contribution < -0.4 is 10.1 Å². The molecule has 0 spiro atoms. The molecule has 0 unspecified atom stereocenters. The Morgan fingerprint density at radius 1 is 0.826 bits per heavy atom. The minimum absolute atomic E-state index is 0.185. The molecule has 0 radical (unpaired) electrons. The minimum Gasteiger partial charge on any atom is -0.457 e. The Morgan fingerprint density at radius 3 is 2.30 bits per heavy atom. The zero-order valence-corrected chi connectivity index (χ0v) is 13.8. The van der Waals surface area contributed by atoms with Crippen molar-refractivity contribution >= 4 is 27.5 Å². The maximum atomic E-state index is 12.4. The summed E-state index contributed by atoms with van der Waals surface area (Å²) in [5.74, 6) is 1.17. The number of ether oxygens (including phenoxy) is 1. The van der Waals surface area contributed by atoms with Crippen LogP contribution in [0.3, 0.4) is 0 Å². The van der Waals surface area contributed by atoms with Crippen molar-refractivity contribution in [2.24, 2.45) is 0 Å². The molecule has 114 valence electrons. The summed E-state index contributed by atoms with van der Waals surface area (Å²) in [4.78, 5) is 12.4. The van der Waals surface area contributed by atoms with Gasteiger partial charge in [0, 0.05) is 10.0 Å². The number of nitrogens with one attached hydrogen (secondary N) is 1. The van der Waals surface area contributed by atoms with Crippen molar-refractivity contribution in [2.45, 2.75) is 0 Å². The van der Waals surface area contributed by atoms with Gasteiger partial charge in [-0.05, 0) is 58.4 Å². The van der Waals surface area contributed by atoms with Crippen LogP contribution >= 0.6 is 15.9 Å². The number of halogens is 1. The Hall–Kier alpha value is -2.59. The molecule has 0 saturated carbocycles. The van der Waals surface area contributed by atoms with E-state index in [1.165, 1.54) is 0 Å². The summed E-state index contributed by atoms with van der Waals surface area (Å²) < 4.78 is 6.59. The van der Waals surface area contributed by atoms with Gasteiger partial charge >= 0.3 is 0 Å². The van der Waals surface area contributed by atoms with Gasteiger partial charge in [-0.3, -0.25) is 4.79 Å². The summed E-state index contributed by atoms with van der Waals surface area (Å²) >= 11 is 3.42. The largest absolute Gasteiger partial charge is 0.457 e. The van der Waals surface area contributed by atoms with Gasteiger partial charge in [-0.25, -0.2) is 0 Å². The highest BCUT2D eigenvalue weighted by Gasteiger charge is 2.09. The maximum Gasteiger partial charge on any atom is 0.255 e. The lowest BCUT2D eigenvalue weighted by molar-refractivity contribution is 0.102. The summed E-state index contributed by atoms with van der Waals surface area (Å²) in [7, 11) is 0. The standard InChI is InChI=1S/C19H14BrNO2/c20-17-11-4-5-12-18(17)21-19(22)14-7-6-10-16(13-14)23-15-8-2-1-3-9-15/h1-13H,(H,21,22). The molecule has 0 bridgehead atoms. The highest BCUT2D eigenvalue weighted by molar-refractivity contribution is 9.10. The molecule has 0 aliphatic carbocycles. The van der Waals surface area contributed by atoms with E-state index in [1.807, 2.05) is 60.7 Å². The van der Waals surface area contributed by atoms with Crippen molar-refractivity contribution in [1.82, 2.24) is 0 Å². The van der Waals surface area contributed by atoms with Gasteiger partial charge < -0.3 is 10.1 Å². The van der Waals surface area contributed by atoms with E-state index in [9.17, 15) is 4.79 Å². The van der Waals surface area contributed by atoms with Crippen molar-refractivity contribution in [2.75, 3.05) is 5.32 Å². The molecule has 0 heterocycles. The van der Waals surface area contributed by atoms with Crippen molar-refractivity contribution in [1.29, 1.82) is 0 Å². The van der Waals surface area contributed by atoms with E-state index in [4.69, 9.17) is 4.74 Å². The number of carbonyl (C=O) groups is 1. The zero-order valence-electron chi connectivity index (χ0n) is 12.2. The van der Waals surface area contributed by atoms with Crippen LogP contribution in [0.1, 0.15) is 10.4 Å². The van der Waals surface area contributed by atoms with Crippen LogP contribution in [-0.4, -0.2) is 5.91 Å². The molecule has 1 amide bonds. The Kier molecular flexibility index (Phi) is 4.74. The molecular formula is C19H14BrNO2. The van der Waals surface area contributed by atoms with Crippen molar-refractivity contribution in [3.05, 3.63) is 88.9 Å². The Labute approximate surface area is 143 Å².